The van der Waals surface area contributed by atoms with Crippen molar-refractivity contribution in [3.8, 4) is 5.75 Å². The van der Waals surface area contributed by atoms with Gasteiger partial charge in [0, 0.05) is 35.2 Å². The van der Waals surface area contributed by atoms with Gasteiger partial charge in [-0.05, 0) is 36.8 Å². The highest BCUT2D eigenvalue weighted by Gasteiger charge is 2.05. The molecule has 1 N–H and O–H groups in total. The van der Waals surface area contributed by atoms with Crippen LogP contribution in [-0.4, -0.2) is 22.6 Å². The van der Waals surface area contributed by atoms with Crippen molar-refractivity contribution < 1.29 is 14.3 Å². The number of hydrogen-bond acceptors (Lipinski definition) is 5. The molecule has 25 heavy (non-hydrogen) atoms. The van der Waals surface area contributed by atoms with E-state index in [9.17, 15) is 0 Å². The predicted molar refractivity (Wildman–Crippen MR) is 94.9 cm³/mol. The summed E-state index contributed by atoms with van der Waals surface area (Å²) in [6.45, 7) is 2.77. The van der Waals surface area contributed by atoms with Gasteiger partial charge in [-0.1, -0.05) is 18.5 Å². The Kier molecular flexibility index (Phi) is 6.57. The van der Waals surface area contributed by atoms with Crippen LogP contribution in [0.1, 0.15) is 18.2 Å². The summed E-state index contributed by atoms with van der Waals surface area (Å²) in [5.74, 6) is 0.829. The number of pyridine rings is 1. The summed E-state index contributed by atoms with van der Waals surface area (Å²) in [4.78, 5) is 20.6. The van der Waals surface area contributed by atoms with Gasteiger partial charge in [-0.2, -0.15) is 9.59 Å². The number of benzene rings is 1. The van der Waals surface area contributed by atoms with Gasteiger partial charge in [0.25, 0.3) is 0 Å². The number of imidazole rings is 1. The third kappa shape index (κ3) is 4.59. The number of methoxy groups -OCH3 is 1. The highest BCUT2D eigenvalue weighted by Crippen LogP contribution is 2.24. The number of hydrogen-bond donors (Lipinski definition) is 1. The minimum atomic E-state index is 0.250. The fourth-order valence-electron chi connectivity index (χ4n) is 2.48. The van der Waals surface area contributed by atoms with E-state index in [4.69, 9.17) is 25.9 Å². The quantitative estimate of drug-likeness (QED) is 0.753. The van der Waals surface area contributed by atoms with Crippen LogP contribution in [0.15, 0.2) is 42.7 Å². The van der Waals surface area contributed by atoms with Crippen molar-refractivity contribution in [2.45, 2.75) is 19.9 Å². The van der Waals surface area contributed by atoms with Crippen molar-refractivity contribution in [3.63, 3.8) is 0 Å². The molecule has 0 fully saturated rings. The van der Waals surface area contributed by atoms with E-state index in [-0.39, 0.29) is 6.15 Å². The minimum absolute atomic E-state index is 0.250. The SMILES string of the molecule is CCc1cnc2ccc(NCc3cc(Cl)ccc3OC)cn12.O=C=O. The molecular weight excluding hydrogens is 342 g/mol. The molecule has 1 aromatic carbocycles. The van der Waals surface area contributed by atoms with Gasteiger partial charge < -0.3 is 14.5 Å². The monoisotopic (exact) mass is 359 g/mol. The van der Waals surface area contributed by atoms with Gasteiger partial charge in [0.1, 0.15) is 11.4 Å². The normalized spacial score (nSPS) is 9.88. The molecule has 7 heteroatoms. The number of anilines is 1. The molecule has 6 nitrogen and oxygen atoms in total. The number of rotatable bonds is 5. The third-order valence-corrected chi connectivity index (χ3v) is 3.90. The van der Waals surface area contributed by atoms with Crippen LogP contribution in [0.25, 0.3) is 5.65 Å². The highest BCUT2D eigenvalue weighted by atomic mass is 35.5. The van der Waals surface area contributed by atoms with Crippen LogP contribution < -0.4 is 10.1 Å². The van der Waals surface area contributed by atoms with E-state index in [0.29, 0.717) is 11.6 Å². The fraction of sp³-hybridized carbons (Fsp3) is 0.222. The number of aromatic nitrogens is 2. The Labute approximate surface area is 150 Å². The lowest BCUT2D eigenvalue weighted by molar-refractivity contribution is -0.191. The standard InChI is InChI=1S/C17H18ClN3O.CO2/c1-3-15-10-20-17-7-5-14(11-21(15)17)19-9-12-8-13(18)4-6-16(12)22-2;2-1-3/h4-8,10-11,19H,3,9H2,1-2H3;. The van der Waals surface area contributed by atoms with Crippen molar-refractivity contribution in [1.29, 1.82) is 0 Å². The molecule has 0 aliphatic rings. The van der Waals surface area contributed by atoms with Crippen LogP contribution in [0.2, 0.25) is 5.02 Å². The molecule has 3 aromatic rings. The smallest absolute Gasteiger partial charge is 0.373 e. The van der Waals surface area contributed by atoms with Crippen LogP contribution in [0.4, 0.5) is 5.69 Å². The zero-order valence-corrected chi connectivity index (χ0v) is 14.7. The van der Waals surface area contributed by atoms with Crippen molar-refractivity contribution in [1.82, 2.24) is 9.38 Å². The summed E-state index contributed by atoms with van der Waals surface area (Å²) in [6, 6.07) is 9.67. The molecule has 0 spiro atoms. The van der Waals surface area contributed by atoms with E-state index in [1.807, 2.05) is 36.5 Å². The number of nitrogens with one attached hydrogen (secondary N) is 1. The van der Waals surface area contributed by atoms with Crippen LogP contribution in [0, 0.1) is 0 Å². The molecule has 130 valence electrons. The second-order valence-corrected chi connectivity index (χ2v) is 5.58. The zero-order valence-electron chi connectivity index (χ0n) is 14.0. The third-order valence-electron chi connectivity index (χ3n) is 3.67. The Hall–Kier alpha value is -2.82. The Morgan fingerprint density at radius 1 is 1.28 bits per heavy atom. The Morgan fingerprint density at radius 2 is 2.04 bits per heavy atom. The Morgan fingerprint density at radius 3 is 2.72 bits per heavy atom. The lowest BCUT2D eigenvalue weighted by Gasteiger charge is -2.11. The molecule has 0 aliphatic heterocycles. The van der Waals surface area contributed by atoms with Crippen molar-refractivity contribution in [3.05, 3.63) is 59.0 Å². The van der Waals surface area contributed by atoms with E-state index >= 15 is 0 Å². The predicted octanol–water partition coefficient (Wildman–Crippen LogP) is 3.59. The molecular formula is C18H18ClN3O3. The largest absolute Gasteiger partial charge is 0.496 e. The summed E-state index contributed by atoms with van der Waals surface area (Å²) in [5.41, 5.74) is 4.21. The first-order valence-electron chi connectivity index (χ1n) is 7.64. The van der Waals surface area contributed by atoms with Crippen LogP contribution in [0.3, 0.4) is 0 Å². The second kappa shape index (κ2) is 8.87. The van der Waals surface area contributed by atoms with Gasteiger partial charge in [0.15, 0.2) is 0 Å². The van der Waals surface area contributed by atoms with Gasteiger partial charge in [-0.25, -0.2) is 4.98 Å². The van der Waals surface area contributed by atoms with Gasteiger partial charge >= 0.3 is 6.15 Å². The van der Waals surface area contributed by atoms with E-state index < -0.39 is 0 Å². The van der Waals surface area contributed by atoms with E-state index in [1.165, 1.54) is 5.69 Å². The molecule has 0 bridgehead atoms. The molecule has 0 radical (unpaired) electrons. The molecule has 0 unspecified atom stereocenters. The van der Waals surface area contributed by atoms with Crippen molar-refractivity contribution in [2.75, 3.05) is 12.4 Å². The maximum Gasteiger partial charge on any atom is 0.373 e. The maximum atomic E-state index is 8.12. The number of carbonyl (C=O) groups excluding carboxylic acids is 2. The first-order chi connectivity index (χ1) is 12.1. The molecule has 0 saturated carbocycles. The van der Waals surface area contributed by atoms with E-state index in [2.05, 4.69) is 27.8 Å². The summed E-state index contributed by atoms with van der Waals surface area (Å²) in [6.07, 6.45) is 5.18. The molecule has 0 saturated heterocycles. The summed E-state index contributed by atoms with van der Waals surface area (Å²) in [7, 11) is 1.66. The molecule has 0 amide bonds. The molecule has 0 atom stereocenters. The fourth-order valence-corrected chi connectivity index (χ4v) is 2.67. The van der Waals surface area contributed by atoms with Gasteiger partial charge in [0.05, 0.1) is 12.8 Å². The second-order valence-electron chi connectivity index (χ2n) is 5.14. The Bertz CT molecular complexity index is 886. The minimum Gasteiger partial charge on any atom is -0.496 e. The lowest BCUT2D eigenvalue weighted by atomic mass is 10.2. The molecule has 2 heterocycles. The summed E-state index contributed by atoms with van der Waals surface area (Å²) >= 11 is 6.06. The average molecular weight is 360 g/mol. The summed E-state index contributed by atoms with van der Waals surface area (Å²) < 4.78 is 7.48. The zero-order chi connectivity index (χ0) is 18.2. The maximum absolute atomic E-state index is 8.12. The highest BCUT2D eigenvalue weighted by molar-refractivity contribution is 6.30. The first kappa shape index (κ1) is 18.5. The van der Waals surface area contributed by atoms with Gasteiger partial charge in [-0.3, -0.25) is 0 Å². The molecule has 3 rings (SSSR count). The van der Waals surface area contributed by atoms with Crippen molar-refractivity contribution >= 4 is 29.1 Å². The van der Waals surface area contributed by atoms with Crippen LogP contribution >= 0.6 is 11.6 Å². The number of ether oxygens (including phenoxy) is 1. The lowest BCUT2D eigenvalue weighted by Crippen LogP contribution is -2.03. The number of aryl methyl sites for hydroxylation is 1. The van der Waals surface area contributed by atoms with Gasteiger partial charge in [-0.15, -0.1) is 0 Å². The van der Waals surface area contributed by atoms with Crippen LogP contribution in [0.5, 0.6) is 5.75 Å². The molecule has 0 aliphatic carbocycles. The topological polar surface area (TPSA) is 72.7 Å². The average Bonchev–Trinajstić information content (AvgIpc) is 3.03. The van der Waals surface area contributed by atoms with Gasteiger partial charge in [0.2, 0.25) is 0 Å². The summed E-state index contributed by atoms with van der Waals surface area (Å²) in [5, 5.41) is 4.11. The van der Waals surface area contributed by atoms with Crippen molar-refractivity contribution in [2.24, 2.45) is 0 Å². The van der Waals surface area contributed by atoms with E-state index in [0.717, 1.165) is 29.1 Å². The first-order valence-corrected chi connectivity index (χ1v) is 8.02. The Balaban J connectivity index is 0.000000701. The number of halogens is 1. The molecule has 2 aromatic heterocycles. The number of nitrogens with zero attached hydrogens (tertiary/aromatic N) is 2. The van der Waals surface area contributed by atoms with Crippen LogP contribution in [-0.2, 0) is 22.6 Å². The number of fused-ring (bicyclic) bond motifs is 1. The van der Waals surface area contributed by atoms with E-state index in [1.54, 1.807) is 7.11 Å².